The van der Waals surface area contributed by atoms with Gasteiger partial charge in [0.1, 0.15) is 11.5 Å². The summed E-state index contributed by atoms with van der Waals surface area (Å²) >= 11 is 0. The molecule has 9 rings (SSSR count). The van der Waals surface area contributed by atoms with Gasteiger partial charge in [0.15, 0.2) is 0 Å². The van der Waals surface area contributed by atoms with E-state index in [0.717, 1.165) is 11.5 Å². The average Bonchev–Trinajstić information content (AvgIpc) is 3.34. The Morgan fingerprint density at radius 1 is 0.439 bits per heavy atom. The number of rotatable bonds is 1. The van der Waals surface area contributed by atoms with Crippen molar-refractivity contribution >= 4 is 54.1 Å². The maximum Gasteiger partial charge on any atom is 0.132 e. The molecule has 1 aliphatic heterocycles. The molecule has 0 spiro atoms. The third-order valence-corrected chi connectivity index (χ3v) is 9.21. The van der Waals surface area contributed by atoms with Crippen LogP contribution in [-0.4, -0.2) is 4.57 Å². The number of benzene rings is 7. The van der Waals surface area contributed by atoms with Crippen LogP contribution in [0.5, 0.6) is 11.5 Å². The first-order valence-corrected chi connectivity index (χ1v) is 14.3. The maximum atomic E-state index is 6.52. The molecule has 0 fully saturated rings. The van der Waals surface area contributed by atoms with Crippen LogP contribution in [0.15, 0.2) is 127 Å². The lowest BCUT2D eigenvalue weighted by Gasteiger charge is -2.34. The zero-order chi connectivity index (χ0) is 27.3. The minimum atomic E-state index is -0.182. The summed E-state index contributed by atoms with van der Waals surface area (Å²) in [5.41, 5.74) is 5.82. The molecule has 8 aromatic rings. The summed E-state index contributed by atoms with van der Waals surface area (Å²) in [5, 5.41) is 10.2. The molecule has 0 saturated heterocycles. The van der Waals surface area contributed by atoms with E-state index in [2.05, 4.69) is 146 Å². The van der Waals surface area contributed by atoms with Gasteiger partial charge in [-0.3, -0.25) is 0 Å². The lowest BCUT2D eigenvalue weighted by atomic mass is 9.75. The van der Waals surface area contributed by atoms with Crippen molar-refractivity contribution < 1.29 is 4.74 Å². The van der Waals surface area contributed by atoms with Crippen LogP contribution in [0.3, 0.4) is 0 Å². The summed E-state index contributed by atoms with van der Waals surface area (Å²) in [6.07, 6.45) is 0. The summed E-state index contributed by atoms with van der Waals surface area (Å²) < 4.78 is 8.96. The van der Waals surface area contributed by atoms with Gasteiger partial charge in [0, 0.05) is 33.0 Å². The monoisotopic (exact) mass is 525 g/mol. The minimum Gasteiger partial charge on any atom is -0.457 e. The van der Waals surface area contributed by atoms with Crippen molar-refractivity contribution in [3.8, 4) is 17.2 Å². The summed E-state index contributed by atoms with van der Waals surface area (Å²) in [6, 6.07) is 46.3. The van der Waals surface area contributed by atoms with Crippen molar-refractivity contribution in [2.75, 3.05) is 0 Å². The topological polar surface area (TPSA) is 14.2 Å². The Morgan fingerprint density at radius 2 is 1.02 bits per heavy atom. The normalized spacial score (nSPS) is 14.0. The van der Waals surface area contributed by atoms with Gasteiger partial charge in [-0.25, -0.2) is 0 Å². The Morgan fingerprint density at radius 3 is 1.76 bits per heavy atom. The molecule has 2 heteroatoms. The second-order valence-electron chi connectivity index (χ2n) is 11.8. The number of para-hydroxylation sites is 2. The summed E-state index contributed by atoms with van der Waals surface area (Å²) in [7, 11) is 0. The van der Waals surface area contributed by atoms with E-state index in [1.165, 1.54) is 70.9 Å². The fourth-order valence-corrected chi connectivity index (χ4v) is 7.22. The molecule has 0 N–H and O–H groups in total. The maximum absolute atomic E-state index is 6.52. The Balaban J connectivity index is 1.38. The summed E-state index contributed by atoms with van der Waals surface area (Å²) in [4.78, 5) is 0. The number of aromatic nitrogens is 1. The predicted molar refractivity (Wildman–Crippen MR) is 172 cm³/mol. The predicted octanol–water partition coefficient (Wildman–Crippen LogP) is 10.7. The van der Waals surface area contributed by atoms with E-state index in [-0.39, 0.29) is 5.41 Å². The van der Waals surface area contributed by atoms with E-state index in [0.29, 0.717) is 0 Å². The van der Waals surface area contributed by atoms with Gasteiger partial charge in [0.05, 0.1) is 11.0 Å². The van der Waals surface area contributed by atoms with E-state index < -0.39 is 0 Å². The van der Waals surface area contributed by atoms with Gasteiger partial charge >= 0.3 is 0 Å². The van der Waals surface area contributed by atoms with Crippen molar-refractivity contribution in [2.45, 2.75) is 19.3 Å². The van der Waals surface area contributed by atoms with Gasteiger partial charge < -0.3 is 9.30 Å². The lowest BCUT2D eigenvalue weighted by Crippen LogP contribution is -2.24. The van der Waals surface area contributed by atoms with Crippen LogP contribution in [0.25, 0.3) is 59.8 Å². The van der Waals surface area contributed by atoms with Crippen LogP contribution in [0.4, 0.5) is 0 Å². The number of fused-ring (bicyclic) bond motifs is 11. The first-order chi connectivity index (χ1) is 20.1. The highest BCUT2D eigenvalue weighted by molar-refractivity contribution is 6.25. The highest BCUT2D eigenvalue weighted by Crippen LogP contribution is 2.50. The minimum absolute atomic E-state index is 0.182. The Kier molecular flexibility index (Phi) is 4.42. The van der Waals surface area contributed by atoms with Crippen LogP contribution >= 0.6 is 0 Å². The van der Waals surface area contributed by atoms with Gasteiger partial charge in [-0.2, -0.15) is 0 Å². The van der Waals surface area contributed by atoms with E-state index in [1.807, 2.05) is 0 Å². The molecular weight excluding hydrogens is 498 g/mol. The number of hydrogen-bond acceptors (Lipinski definition) is 1. The van der Waals surface area contributed by atoms with E-state index in [9.17, 15) is 0 Å². The molecule has 0 bridgehead atoms. The third kappa shape index (κ3) is 3.02. The third-order valence-electron chi connectivity index (χ3n) is 9.21. The Bertz CT molecular complexity index is 2340. The fraction of sp³-hybridized carbons (Fsp3) is 0.0769. The summed E-state index contributed by atoms with van der Waals surface area (Å²) in [6.45, 7) is 4.61. The Hall–Kier alpha value is -5.08. The van der Waals surface area contributed by atoms with Crippen molar-refractivity contribution in [3.05, 3.63) is 139 Å². The van der Waals surface area contributed by atoms with Gasteiger partial charge in [-0.05, 0) is 68.7 Å². The molecule has 0 aliphatic carbocycles. The second-order valence-corrected chi connectivity index (χ2v) is 11.8. The first-order valence-electron chi connectivity index (χ1n) is 14.3. The Labute approximate surface area is 238 Å². The molecule has 1 aromatic heterocycles. The van der Waals surface area contributed by atoms with Gasteiger partial charge in [-0.15, -0.1) is 0 Å². The summed E-state index contributed by atoms with van der Waals surface area (Å²) in [5.74, 6) is 1.89. The van der Waals surface area contributed by atoms with Crippen molar-refractivity contribution in [1.82, 2.24) is 4.57 Å². The molecule has 41 heavy (non-hydrogen) atoms. The van der Waals surface area contributed by atoms with E-state index in [1.54, 1.807) is 0 Å². The SMILES string of the molecule is CC1(C)c2ccccc2Oc2cc3c4ccccc4n(-c4ccc5c6ccccc6c6ccccc6c5c4)c3cc21. The lowest BCUT2D eigenvalue weighted by molar-refractivity contribution is 0.419. The molecule has 1 aliphatic rings. The van der Waals surface area contributed by atoms with E-state index in [4.69, 9.17) is 4.74 Å². The number of nitrogens with zero attached hydrogens (tertiary/aromatic N) is 1. The number of ether oxygens (including phenoxy) is 1. The molecule has 0 atom stereocenters. The van der Waals surface area contributed by atoms with Crippen LogP contribution in [0.2, 0.25) is 0 Å². The number of hydrogen-bond donors (Lipinski definition) is 0. The quantitative estimate of drug-likeness (QED) is 0.194. The average molecular weight is 526 g/mol. The molecule has 0 unspecified atom stereocenters. The van der Waals surface area contributed by atoms with Gasteiger partial charge in [0.2, 0.25) is 0 Å². The zero-order valence-corrected chi connectivity index (χ0v) is 23.0. The largest absolute Gasteiger partial charge is 0.457 e. The first kappa shape index (κ1) is 22.7. The smallest absolute Gasteiger partial charge is 0.132 e. The fourth-order valence-electron chi connectivity index (χ4n) is 7.22. The highest BCUT2D eigenvalue weighted by atomic mass is 16.5. The molecule has 0 saturated carbocycles. The van der Waals surface area contributed by atoms with Gasteiger partial charge in [0.25, 0.3) is 0 Å². The molecule has 194 valence electrons. The van der Waals surface area contributed by atoms with Gasteiger partial charge in [-0.1, -0.05) is 105 Å². The van der Waals surface area contributed by atoms with Crippen molar-refractivity contribution in [1.29, 1.82) is 0 Å². The molecule has 2 heterocycles. The molecule has 0 radical (unpaired) electrons. The van der Waals surface area contributed by atoms with Crippen LogP contribution in [0, 0.1) is 0 Å². The molecular formula is C39H27NO. The van der Waals surface area contributed by atoms with Crippen LogP contribution < -0.4 is 4.74 Å². The van der Waals surface area contributed by atoms with E-state index >= 15 is 0 Å². The van der Waals surface area contributed by atoms with Crippen LogP contribution in [-0.2, 0) is 5.41 Å². The molecule has 7 aromatic carbocycles. The van der Waals surface area contributed by atoms with Crippen molar-refractivity contribution in [3.63, 3.8) is 0 Å². The van der Waals surface area contributed by atoms with Crippen molar-refractivity contribution in [2.24, 2.45) is 0 Å². The standard InChI is InChI=1S/C39H27NO/c1-39(2)33-16-8-10-18-37(33)41-38-22-32-30-15-7-9-17-35(30)40(36(32)23-34(38)39)24-19-20-29-27-13-4-3-11-25(27)26-12-5-6-14-28(26)31(29)21-24/h3-23H,1-2H3. The highest BCUT2D eigenvalue weighted by Gasteiger charge is 2.35. The van der Waals surface area contributed by atoms with Crippen LogP contribution in [0.1, 0.15) is 25.0 Å². The zero-order valence-electron chi connectivity index (χ0n) is 23.0. The molecule has 2 nitrogen and oxygen atoms in total. The second kappa shape index (κ2) is 7.99. The molecule has 0 amide bonds.